The van der Waals surface area contributed by atoms with Gasteiger partial charge >= 0.3 is 0 Å². The monoisotopic (exact) mass is 655 g/mol. The van der Waals surface area contributed by atoms with Gasteiger partial charge in [0.15, 0.2) is 0 Å². The zero-order valence-electron chi connectivity index (χ0n) is 24.3. The fourth-order valence-corrected chi connectivity index (χ4v) is 6.37. The van der Waals surface area contributed by atoms with E-state index in [1.54, 1.807) is 25.3 Å². The Balaban J connectivity index is 1.74. The fourth-order valence-electron chi connectivity index (χ4n) is 5.29. The van der Waals surface area contributed by atoms with Crippen molar-refractivity contribution >= 4 is 43.5 Å². The highest BCUT2D eigenvalue weighted by atomic mass is 79.9. The molecular formula is C32H38BrN3O5S. The maximum Gasteiger partial charge on any atom is 0.244 e. The van der Waals surface area contributed by atoms with Crippen LogP contribution >= 0.6 is 15.9 Å². The van der Waals surface area contributed by atoms with E-state index in [2.05, 4.69) is 21.2 Å². The first-order chi connectivity index (χ1) is 20.0. The Hall–Kier alpha value is -3.37. The van der Waals surface area contributed by atoms with Crippen LogP contribution in [-0.2, 0) is 32.6 Å². The summed E-state index contributed by atoms with van der Waals surface area (Å²) >= 11 is 3.46. The van der Waals surface area contributed by atoms with E-state index >= 15 is 0 Å². The first kappa shape index (κ1) is 31.6. The summed E-state index contributed by atoms with van der Waals surface area (Å²) in [5.41, 5.74) is 2.87. The number of nitrogens with zero attached hydrogens (tertiary/aromatic N) is 2. The molecule has 1 unspecified atom stereocenters. The molecule has 42 heavy (non-hydrogen) atoms. The molecule has 1 saturated carbocycles. The van der Waals surface area contributed by atoms with E-state index < -0.39 is 28.5 Å². The summed E-state index contributed by atoms with van der Waals surface area (Å²) < 4.78 is 33.3. The van der Waals surface area contributed by atoms with Crippen LogP contribution in [0.25, 0.3) is 0 Å². The van der Waals surface area contributed by atoms with Gasteiger partial charge in [0, 0.05) is 23.5 Å². The Labute approximate surface area is 257 Å². The number of anilines is 1. The molecule has 0 aliphatic heterocycles. The Kier molecular flexibility index (Phi) is 10.7. The Morgan fingerprint density at radius 2 is 1.69 bits per heavy atom. The first-order valence-corrected chi connectivity index (χ1v) is 16.7. The quantitative estimate of drug-likeness (QED) is 0.288. The van der Waals surface area contributed by atoms with Crippen LogP contribution in [0.3, 0.4) is 0 Å². The molecule has 0 radical (unpaired) electrons. The minimum Gasteiger partial charge on any atom is -0.497 e. The topological polar surface area (TPSA) is 96.0 Å². The van der Waals surface area contributed by atoms with Crippen molar-refractivity contribution in [3.05, 3.63) is 94.0 Å². The zero-order valence-corrected chi connectivity index (χ0v) is 26.7. The van der Waals surface area contributed by atoms with Gasteiger partial charge in [-0.15, -0.1) is 0 Å². The lowest BCUT2D eigenvalue weighted by molar-refractivity contribution is -0.140. The van der Waals surface area contributed by atoms with Crippen LogP contribution in [0.1, 0.15) is 42.4 Å². The zero-order chi connectivity index (χ0) is 30.3. The standard InChI is InChI=1S/C32H38BrN3O5S/c1-23-18-27(16-17-29(23)33)36(42(3,39)40)22-31(37)35(21-25-12-9-15-28(19-25)41-2)30(20-24-10-5-4-6-11-24)32(38)34-26-13-7-8-14-26/h4-6,9-12,15-19,26,30H,7-8,13-14,20-22H2,1-3H3,(H,34,38). The van der Waals surface area contributed by atoms with Crippen LogP contribution in [0.15, 0.2) is 77.3 Å². The number of ether oxygens (including phenoxy) is 1. The Morgan fingerprint density at radius 1 is 1.00 bits per heavy atom. The predicted molar refractivity (Wildman–Crippen MR) is 169 cm³/mol. The molecule has 1 fully saturated rings. The van der Waals surface area contributed by atoms with E-state index in [-0.39, 0.29) is 24.9 Å². The number of sulfonamides is 1. The van der Waals surface area contributed by atoms with E-state index in [1.165, 1.54) is 4.90 Å². The van der Waals surface area contributed by atoms with E-state index in [4.69, 9.17) is 4.74 Å². The number of hydrogen-bond donors (Lipinski definition) is 1. The van der Waals surface area contributed by atoms with Crippen molar-refractivity contribution in [2.75, 3.05) is 24.2 Å². The van der Waals surface area contributed by atoms with Gasteiger partial charge in [0.05, 0.1) is 19.1 Å². The average Bonchev–Trinajstić information content (AvgIpc) is 3.48. The summed E-state index contributed by atoms with van der Waals surface area (Å²) in [7, 11) is -2.26. The Bertz CT molecular complexity index is 1490. The summed E-state index contributed by atoms with van der Waals surface area (Å²) in [5.74, 6) is -0.100. The number of benzene rings is 3. The smallest absolute Gasteiger partial charge is 0.244 e. The molecule has 1 aliphatic rings. The van der Waals surface area contributed by atoms with E-state index in [0.29, 0.717) is 11.4 Å². The number of halogens is 1. The van der Waals surface area contributed by atoms with E-state index in [0.717, 1.165) is 57.4 Å². The molecule has 3 aromatic rings. The minimum absolute atomic E-state index is 0.0582. The van der Waals surface area contributed by atoms with Crippen molar-refractivity contribution in [2.24, 2.45) is 0 Å². The van der Waals surface area contributed by atoms with Crippen LogP contribution in [0, 0.1) is 6.92 Å². The molecule has 0 spiro atoms. The number of nitrogens with one attached hydrogen (secondary N) is 1. The SMILES string of the molecule is COc1cccc(CN(C(=O)CN(c2ccc(Br)c(C)c2)S(C)(=O)=O)C(Cc2ccccc2)C(=O)NC2CCCC2)c1. The minimum atomic E-state index is -3.83. The number of rotatable bonds is 12. The predicted octanol–water partition coefficient (Wildman–Crippen LogP) is 5.23. The summed E-state index contributed by atoms with van der Waals surface area (Å²) in [4.78, 5) is 29.7. The van der Waals surface area contributed by atoms with E-state index in [9.17, 15) is 18.0 Å². The lowest BCUT2D eigenvalue weighted by Crippen LogP contribution is -2.54. The fraction of sp³-hybridized carbons (Fsp3) is 0.375. The summed E-state index contributed by atoms with van der Waals surface area (Å²) in [5, 5.41) is 3.18. The molecule has 0 heterocycles. The molecule has 224 valence electrons. The maximum atomic E-state index is 14.3. The number of carbonyl (C=O) groups excluding carboxylic acids is 2. The average molecular weight is 657 g/mol. The summed E-state index contributed by atoms with van der Waals surface area (Å²) in [6, 6.07) is 21.2. The van der Waals surface area contributed by atoms with Crippen molar-refractivity contribution in [1.82, 2.24) is 10.2 Å². The van der Waals surface area contributed by atoms with Gasteiger partial charge in [-0.1, -0.05) is 71.2 Å². The van der Waals surface area contributed by atoms with Gasteiger partial charge in [-0.3, -0.25) is 13.9 Å². The molecule has 1 atom stereocenters. The van der Waals surface area contributed by atoms with Crippen LogP contribution in [0.2, 0.25) is 0 Å². The van der Waals surface area contributed by atoms with Gasteiger partial charge in [-0.25, -0.2) is 8.42 Å². The van der Waals surface area contributed by atoms with Crippen molar-refractivity contribution in [3.8, 4) is 5.75 Å². The van der Waals surface area contributed by atoms with Crippen molar-refractivity contribution in [1.29, 1.82) is 0 Å². The molecule has 0 aromatic heterocycles. The summed E-state index contributed by atoms with van der Waals surface area (Å²) in [6.45, 7) is 1.50. The molecule has 1 N–H and O–H groups in total. The molecule has 0 saturated heterocycles. The molecular weight excluding hydrogens is 618 g/mol. The molecule has 10 heteroatoms. The lowest BCUT2D eigenvalue weighted by atomic mass is 10.0. The highest BCUT2D eigenvalue weighted by Gasteiger charge is 2.34. The largest absolute Gasteiger partial charge is 0.497 e. The number of hydrogen-bond acceptors (Lipinski definition) is 5. The molecule has 4 rings (SSSR count). The van der Waals surface area contributed by atoms with Gasteiger partial charge in [0.25, 0.3) is 0 Å². The molecule has 0 bridgehead atoms. The summed E-state index contributed by atoms with van der Waals surface area (Å²) in [6.07, 6.45) is 5.27. The third-order valence-electron chi connectivity index (χ3n) is 7.57. The maximum absolute atomic E-state index is 14.3. The van der Waals surface area contributed by atoms with Crippen LogP contribution in [-0.4, -0.2) is 57.1 Å². The third-order valence-corrected chi connectivity index (χ3v) is 9.60. The number of aryl methyl sites for hydroxylation is 1. The molecule has 8 nitrogen and oxygen atoms in total. The third kappa shape index (κ3) is 8.35. The highest BCUT2D eigenvalue weighted by molar-refractivity contribution is 9.10. The van der Waals surface area contributed by atoms with Gasteiger partial charge in [-0.05, 0) is 66.8 Å². The number of amides is 2. The van der Waals surface area contributed by atoms with Crippen molar-refractivity contribution in [3.63, 3.8) is 0 Å². The second kappa shape index (κ2) is 14.2. The van der Waals surface area contributed by atoms with Crippen LogP contribution in [0.4, 0.5) is 5.69 Å². The molecule has 2 amide bonds. The second-order valence-corrected chi connectivity index (χ2v) is 13.5. The van der Waals surface area contributed by atoms with Crippen LogP contribution in [0.5, 0.6) is 5.75 Å². The van der Waals surface area contributed by atoms with Gasteiger partial charge < -0.3 is 15.0 Å². The van der Waals surface area contributed by atoms with Gasteiger partial charge in [-0.2, -0.15) is 0 Å². The molecule has 1 aliphatic carbocycles. The van der Waals surface area contributed by atoms with Crippen molar-refractivity contribution < 1.29 is 22.7 Å². The number of methoxy groups -OCH3 is 1. The van der Waals surface area contributed by atoms with Gasteiger partial charge in [0.2, 0.25) is 21.8 Å². The van der Waals surface area contributed by atoms with Crippen molar-refractivity contribution in [2.45, 2.75) is 57.7 Å². The lowest BCUT2D eigenvalue weighted by Gasteiger charge is -2.34. The second-order valence-electron chi connectivity index (χ2n) is 10.8. The normalized spacial score (nSPS) is 14.3. The first-order valence-electron chi connectivity index (χ1n) is 14.1. The van der Waals surface area contributed by atoms with E-state index in [1.807, 2.05) is 61.5 Å². The Morgan fingerprint density at radius 3 is 2.33 bits per heavy atom. The van der Waals surface area contributed by atoms with Crippen LogP contribution < -0.4 is 14.4 Å². The van der Waals surface area contributed by atoms with Gasteiger partial charge in [0.1, 0.15) is 18.3 Å². The molecule has 3 aromatic carbocycles. The number of carbonyl (C=O) groups is 2. The highest BCUT2D eigenvalue weighted by Crippen LogP contribution is 2.26.